The number of fused-ring (bicyclic) bond motifs is 2. The van der Waals surface area contributed by atoms with E-state index in [0.717, 1.165) is 44.0 Å². The van der Waals surface area contributed by atoms with Crippen molar-refractivity contribution in [2.24, 2.45) is 0 Å². The number of benzene rings is 2. The van der Waals surface area contributed by atoms with Crippen LogP contribution in [0.15, 0.2) is 45.3 Å². The number of aryl methyl sites for hydroxylation is 1. The summed E-state index contributed by atoms with van der Waals surface area (Å²) < 4.78 is 1.98. The molecule has 18 heavy (non-hydrogen) atoms. The average Bonchev–Trinajstić information content (AvgIpc) is 2.50. The maximum absolute atomic E-state index is 12.6. The molecule has 0 atom stereocenters. The number of hydrogen-bond acceptors (Lipinski definition) is 1. The highest BCUT2D eigenvalue weighted by Crippen LogP contribution is 2.30. The summed E-state index contributed by atoms with van der Waals surface area (Å²) in [5.74, 6) is 0.125. The fourth-order valence-electron chi connectivity index (χ4n) is 2.41. The van der Waals surface area contributed by atoms with Crippen LogP contribution in [0.25, 0.3) is 0 Å². The van der Waals surface area contributed by atoms with Crippen LogP contribution >= 0.6 is 31.9 Å². The van der Waals surface area contributed by atoms with Gasteiger partial charge < -0.3 is 0 Å². The van der Waals surface area contributed by atoms with Gasteiger partial charge in [0.15, 0.2) is 5.78 Å². The van der Waals surface area contributed by atoms with E-state index in [1.807, 2.05) is 36.4 Å². The van der Waals surface area contributed by atoms with Crippen LogP contribution < -0.4 is 0 Å². The number of rotatable bonds is 0. The SMILES string of the molecule is O=C1c2cc(Br)ccc2CCc2c(Br)cccc21. The molecule has 0 unspecified atom stereocenters. The zero-order valence-electron chi connectivity index (χ0n) is 9.54. The molecule has 1 aliphatic carbocycles. The fraction of sp³-hybridized carbons (Fsp3) is 0.133. The Labute approximate surface area is 122 Å². The Morgan fingerprint density at radius 1 is 0.944 bits per heavy atom. The number of hydrogen-bond donors (Lipinski definition) is 0. The van der Waals surface area contributed by atoms with Crippen molar-refractivity contribution in [3.63, 3.8) is 0 Å². The number of carbonyl (C=O) groups excluding carboxylic acids is 1. The Bertz CT molecular complexity index is 643. The molecule has 0 amide bonds. The second kappa shape index (κ2) is 4.63. The fourth-order valence-corrected chi connectivity index (χ4v) is 3.33. The first-order valence-corrected chi connectivity index (χ1v) is 7.36. The summed E-state index contributed by atoms with van der Waals surface area (Å²) in [6.07, 6.45) is 1.81. The zero-order valence-corrected chi connectivity index (χ0v) is 12.7. The Morgan fingerprint density at radius 2 is 1.78 bits per heavy atom. The van der Waals surface area contributed by atoms with E-state index in [-0.39, 0.29) is 5.78 Å². The number of halogens is 2. The largest absolute Gasteiger partial charge is 0.289 e. The molecule has 2 aromatic rings. The Hall–Kier alpha value is -0.930. The van der Waals surface area contributed by atoms with Crippen LogP contribution in [0.5, 0.6) is 0 Å². The third-order valence-electron chi connectivity index (χ3n) is 3.32. The lowest BCUT2D eigenvalue weighted by Gasteiger charge is -2.06. The third-order valence-corrected chi connectivity index (χ3v) is 4.56. The summed E-state index contributed by atoms with van der Waals surface area (Å²) >= 11 is 6.98. The molecule has 0 saturated heterocycles. The van der Waals surface area contributed by atoms with Crippen LogP contribution in [-0.4, -0.2) is 5.78 Å². The summed E-state index contributed by atoms with van der Waals surface area (Å²) in [5.41, 5.74) is 3.89. The maximum Gasteiger partial charge on any atom is 0.193 e. The van der Waals surface area contributed by atoms with Crippen LogP contribution in [-0.2, 0) is 12.8 Å². The monoisotopic (exact) mass is 364 g/mol. The molecule has 1 nitrogen and oxygen atoms in total. The van der Waals surface area contributed by atoms with E-state index in [2.05, 4.69) is 31.9 Å². The highest BCUT2D eigenvalue weighted by molar-refractivity contribution is 9.10. The van der Waals surface area contributed by atoms with Gasteiger partial charge in [-0.25, -0.2) is 0 Å². The van der Waals surface area contributed by atoms with Gasteiger partial charge in [0.05, 0.1) is 0 Å². The molecule has 0 bridgehead atoms. The molecule has 3 heteroatoms. The Morgan fingerprint density at radius 3 is 2.61 bits per heavy atom. The second-order valence-electron chi connectivity index (χ2n) is 4.40. The van der Waals surface area contributed by atoms with Crippen LogP contribution in [0.2, 0.25) is 0 Å². The Kier molecular flexibility index (Phi) is 3.12. The lowest BCUT2D eigenvalue weighted by molar-refractivity contribution is 0.103. The lowest BCUT2D eigenvalue weighted by Crippen LogP contribution is -2.04. The number of carbonyl (C=O) groups is 1. The lowest BCUT2D eigenvalue weighted by atomic mass is 9.99. The molecule has 0 N–H and O–H groups in total. The molecule has 0 fully saturated rings. The van der Waals surface area contributed by atoms with Crippen molar-refractivity contribution >= 4 is 37.6 Å². The summed E-state index contributed by atoms with van der Waals surface area (Å²) in [7, 11) is 0. The topological polar surface area (TPSA) is 17.1 Å². The summed E-state index contributed by atoms with van der Waals surface area (Å²) in [5, 5.41) is 0. The van der Waals surface area contributed by atoms with E-state index in [4.69, 9.17) is 0 Å². The van der Waals surface area contributed by atoms with E-state index in [0.29, 0.717) is 0 Å². The van der Waals surface area contributed by atoms with Crippen LogP contribution in [0, 0.1) is 0 Å². The molecule has 0 radical (unpaired) electrons. The van der Waals surface area contributed by atoms with E-state index >= 15 is 0 Å². The molecule has 90 valence electrons. The molecule has 0 heterocycles. The molecule has 0 saturated carbocycles. The highest BCUT2D eigenvalue weighted by Gasteiger charge is 2.22. The van der Waals surface area contributed by atoms with Crippen LogP contribution in [0.3, 0.4) is 0 Å². The third kappa shape index (κ3) is 1.95. The van der Waals surface area contributed by atoms with Crippen molar-refractivity contribution in [2.75, 3.05) is 0 Å². The van der Waals surface area contributed by atoms with Crippen molar-refractivity contribution in [3.05, 3.63) is 67.6 Å². The van der Waals surface area contributed by atoms with E-state index in [1.165, 1.54) is 0 Å². The van der Waals surface area contributed by atoms with Gasteiger partial charge in [0.2, 0.25) is 0 Å². The van der Waals surface area contributed by atoms with Gasteiger partial charge >= 0.3 is 0 Å². The Balaban J connectivity index is 2.23. The zero-order chi connectivity index (χ0) is 12.7. The predicted octanol–water partition coefficient (Wildman–Crippen LogP) is 4.54. The van der Waals surface area contributed by atoms with Crippen molar-refractivity contribution in [3.8, 4) is 0 Å². The van der Waals surface area contributed by atoms with Crippen LogP contribution in [0.1, 0.15) is 27.0 Å². The van der Waals surface area contributed by atoms with E-state index in [1.54, 1.807) is 0 Å². The minimum absolute atomic E-state index is 0.125. The van der Waals surface area contributed by atoms with Gasteiger partial charge in [-0.3, -0.25) is 4.79 Å². The highest BCUT2D eigenvalue weighted by atomic mass is 79.9. The standard InChI is InChI=1S/C15H10Br2O/c16-10-6-4-9-5-7-11-12(2-1-3-14(11)17)15(18)13(9)8-10/h1-4,6,8H,5,7H2. The van der Waals surface area contributed by atoms with Crippen molar-refractivity contribution in [1.29, 1.82) is 0 Å². The first-order chi connectivity index (χ1) is 8.66. The molecule has 0 spiro atoms. The summed E-state index contributed by atoms with van der Waals surface area (Å²) in [4.78, 5) is 12.6. The molecular weight excluding hydrogens is 356 g/mol. The molecule has 1 aliphatic rings. The van der Waals surface area contributed by atoms with Gasteiger partial charge in [-0.1, -0.05) is 50.1 Å². The van der Waals surface area contributed by atoms with Gasteiger partial charge in [-0.05, 0) is 42.2 Å². The summed E-state index contributed by atoms with van der Waals surface area (Å²) in [6, 6.07) is 11.8. The molecular formula is C15H10Br2O. The molecule has 0 aliphatic heterocycles. The normalized spacial score (nSPS) is 13.8. The quantitative estimate of drug-likeness (QED) is 0.669. The second-order valence-corrected chi connectivity index (χ2v) is 6.17. The smallest absolute Gasteiger partial charge is 0.193 e. The molecule has 0 aromatic heterocycles. The van der Waals surface area contributed by atoms with Gasteiger partial charge in [0.1, 0.15) is 0 Å². The van der Waals surface area contributed by atoms with Gasteiger partial charge in [-0.15, -0.1) is 0 Å². The molecule has 3 rings (SSSR count). The molecule has 2 aromatic carbocycles. The summed E-state index contributed by atoms with van der Waals surface area (Å²) in [6.45, 7) is 0. The first-order valence-electron chi connectivity index (χ1n) is 5.77. The minimum atomic E-state index is 0.125. The van der Waals surface area contributed by atoms with Crippen molar-refractivity contribution < 1.29 is 4.79 Å². The van der Waals surface area contributed by atoms with Gasteiger partial charge in [0.25, 0.3) is 0 Å². The van der Waals surface area contributed by atoms with Gasteiger partial charge in [0, 0.05) is 20.1 Å². The van der Waals surface area contributed by atoms with Crippen LogP contribution in [0.4, 0.5) is 0 Å². The average molecular weight is 366 g/mol. The number of ketones is 1. The maximum atomic E-state index is 12.6. The van der Waals surface area contributed by atoms with Crippen molar-refractivity contribution in [1.82, 2.24) is 0 Å². The van der Waals surface area contributed by atoms with E-state index < -0.39 is 0 Å². The van der Waals surface area contributed by atoms with E-state index in [9.17, 15) is 4.79 Å². The predicted molar refractivity (Wildman–Crippen MR) is 79.1 cm³/mol. The van der Waals surface area contributed by atoms with Crippen molar-refractivity contribution in [2.45, 2.75) is 12.8 Å². The first kappa shape index (κ1) is 12.1. The minimum Gasteiger partial charge on any atom is -0.289 e. The van der Waals surface area contributed by atoms with Gasteiger partial charge in [-0.2, -0.15) is 0 Å².